The third kappa shape index (κ3) is 4.00. The topological polar surface area (TPSA) is 42.9 Å². The smallest absolute Gasteiger partial charge is 0.303 e. The Morgan fingerprint density at radius 1 is 1.33 bits per heavy atom. The normalized spacial score (nSPS) is 20.6. The van der Waals surface area contributed by atoms with Gasteiger partial charge in [0.25, 0.3) is 0 Å². The van der Waals surface area contributed by atoms with E-state index in [0.29, 0.717) is 6.04 Å². The van der Waals surface area contributed by atoms with Crippen LogP contribution in [-0.2, 0) is 9.53 Å². The van der Waals surface area contributed by atoms with Crippen LogP contribution in [0.2, 0.25) is 0 Å². The van der Waals surface area contributed by atoms with E-state index in [1.54, 1.807) is 0 Å². The number of quaternary nitrogens is 1. The first-order valence-corrected chi connectivity index (χ1v) is 6.33. The summed E-state index contributed by atoms with van der Waals surface area (Å²) in [6, 6.07) is 10.4. The molecule has 100 valence electrons. The van der Waals surface area contributed by atoms with Gasteiger partial charge in [-0.05, 0) is 18.4 Å². The molecular weight excluding hydrogens is 250 g/mol. The van der Waals surface area contributed by atoms with Crippen LogP contribution in [0.1, 0.15) is 37.9 Å². The SMILES string of the molecule is CC(=O)OC(c1ccccc1)C1CCCC[NH2+]1.[Cl-]. The van der Waals surface area contributed by atoms with Gasteiger partial charge in [0.05, 0.1) is 6.54 Å². The van der Waals surface area contributed by atoms with Gasteiger partial charge in [-0.1, -0.05) is 30.3 Å². The zero-order valence-electron chi connectivity index (χ0n) is 10.6. The molecule has 1 aliphatic rings. The van der Waals surface area contributed by atoms with Gasteiger partial charge in [0.15, 0.2) is 6.10 Å². The Kier molecular flexibility index (Phi) is 6.16. The number of esters is 1. The van der Waals surface area contributed by atoms with Crippen LogP contribution in [0, 0.1) is 0 Å². The van der Waals surface area contributed by atoms with Crippen molar-refractivity contribution in [3.8, 4) is 0 Å². The maximum Gasteiger partial charge on any atom is 0.303 e. The van der Waals surface area contributed by atoms with E-state index in [1.165, 1.54) is 19.8 Å². The number of carbonyl (C=O) groups excluding carboxylic acids is 1. The van der Waals surface area contributed by atoms with Crippen molar-refractivity contribution in [2.45, 2.75) is 38.3 Å². The monoisotopic (exact) mass is 269 g/mol. The Labute approximate surface area is 114 Å². The Hall–Kier alpha value is -1.06. The summed E-state index contributed by atoms with van der Waals surface area (Å²) < 4.78 is 5.51. The molecule has 1 aromatic carbocycles. The first kappa shape index (κ1) is 15.0. The molecule has 2 N–H and O–H groups in total. The molecule has 2 atom stereocenters. The van der Waals surface area contributed by atoms with Crippen LogP contribution in [0.4, 0.5) is 0 Å². The summed E-state index contributed by atoms with van der Waals surface area (Å²) in [6.45, 7) is 2.62. The molecule has 0 radical (unpaired) electrons. The van der Waals surface area contributed by atoms with E-state index in [2.05, 4.69) is 5.32 Å². The largest absolute Gasteiger partial charge is 1.00 e. The second-order valence-corrected chi connectivity index (χ2v) is 4.62. The first-order valence-electron chi connectivity index (χ1n) is 6.33. The highest BCUT2D eigenvalue weighted by molar-refractivity contribution is 5.66. The minimum atomic E-state index is -0.196. The van der Waals surface area contributed by atoms with E-state index in [-0.39, 0.29) is 24.5 Å². The minimum absolute atomic E-state index is 0. The van der Waals surface area contributed by atoms with E-state index in [0.717, 1.165) is 18.5 Å². The molecule has 0 aromatic heterocycles. The van der Waals surface area contributed by atoms with Gasteiger partial charge in [-0.25, -0.2) is 0 Å². The van der Waals surface area contributed by atoms with Crippen LogP contribution in [0.15, 0.2) is 30.3 Å². The summed E-state index contributed by atoms with van der Waals surface area (Å²) in [6.07, 6.45) is 3.51. The Bertz CT molecular complexity index is 363. The summed E-state index contributed by atoms with van der Waals surface area (Å²) in [7, 11) is 0. The molecule has 1 fully saturated rings. The highest BCUT2D eigenvalue weighted by Crippen LogP contribution is 2.23. The van der Waals surface area contributed by atoms with E-state index in [9.17, 15) is 4.79 Å². The second kappa shape index (κ2) is 7.39. The number of rotatable bonds is 3. The summed E-state index contributed by atoms with van der Waals surface area (Å²) >= 11 is 0. The number of ether oxygens (including phenoxy) is 1. The summed E-state index contributed by atoms with van der Waals surface area (Å²) in [5, 5.41) is 2.31. The zero-order chi connectivity index (χ0) is 12.1. The second-order valence-electron chi connectivity index (χ2n) is 4.62. The van der Waals surface area contributed by atoms with Crippen LogP contribution >= 0.6 is 0 Å². The molecular formula is C14H20ClNO2. The maximum atomic E-state index is 11.2. The number of hydrogen-bond acceptors (Lipinski definition) is 2. The van der Waals surface area contributed by atoms with Crippen LogP contribution < -0.4 is 17.7 Å². The lowest BCUT2D eigenvalue weighted by Crippen LogP contribution is -3.00. The maximum absolute atomic E-state index is 11.2. The molecule has 4 heteroatoms. The lowest BCUT2D eigenvalue weighted by Gasteiger charge is -2.28. The molecule has 0 amide bonds. The van der Waals surface area contributed by atoms with Gasteiger partial charge >= 0.3 is 5.97 Å². The lowest BCUT2D eigenvalue weighted by atomic mass is 9.95. The van der Waals surface area contributed by atoms with Gasteiger partial charge in [0.2, 0.25) is 0 Å². The quantitative estimate of drug-likeness (QED) is 0.673. The molecule has 0 aliphatic carbocycles. The Balaban J connectivity index is 0.00000162. The van der Waals surface area contributed by atoms with Crippen LogP contribution in [0.5, 0.6) is 0 Å². The molecule has 3 nitrogen and oxygen atoms in total. The molecule has 0 spiro atoms. The fourth-order valence-electron chi connectivity index (χ4n) is 2.47. The molecule has 0 bridgehead atoms. The van der Waals surface area contributed by atoms with Gasteiger partial charge in [-0.15, -0.1) is 0 Å². The van der Waals surface area contributed by atoms with Gasteiger partial charge in [0, 0.05) is 13.3 Å². The van der Waals surface area contributed by atoms with Crippen LogP contribution in [0.25, 0.3) is 0 Å². The van der Waals surface area contributed by atoms with Crippen molar-refractivity contribution in [2.75, 3.05) is 6.54 Å². The summed E-state index contributed by atoms with van der Waals surface area (Å²) in [5.41, 5.74) is 1.10. The average Bonchev–Trinajstić information content (AvgIpc) is 2.38. The Morgan fingerprint density at radius 2 is 2.06 bits per heavy atom. The van der Waals surface area contributed by atoms with E-state index >= 15 is 0 Å². The van der Waals surface area contributed by atoms with Crippen molar-refractivity contribution >= 4 is 5.97 Å². The number of nitrogens with two attached hydrogens (primary N) is 1. The molecule has 1 aromatic rings. The van der Waals surface area contributed by atoms with Crippen LogP contribution in [-0.4, -0.2) is 18.6 Å². The molecule has 2 rings (SSSR count). The van der Waals surface area contributed by atoms with Crippen molar-refractivity contribution in [1.82, 2.24) is 0 Å². The van der Waals surface area contributed by atoms with E-state index in [4.69, 9.17) is 4.74 Å². The van der Waals surface area contributed by atoms with Crippen molar-refractivity contribution in [3.63, 3.8) is 0 Å². The Morgan fingerprint density at radius 3 is 2.61 bits per heavy atom. The standard InChI is InChI=1S/C14H19NO2.ClH/c1-11(16)17-14(12-7-3-2-4-8-12)13-9-5-6-10-15-13;/h2-4,7-8,13-15H,5-6,9-10H2,1H3;1H. The van der Waals surface area contributed by atoms with Crippen molar-refractivity contribution < 1.29 is 27.3 Å². The van der Waals surface area contributed by atoms with Crippen molar-refractivity contribution in [3.05, 3.63) is 35.9 Å². The predicted molar refractivity (Wildman–Crippen MR) is 65.4 cm³/mol. The number of halogens is 1. The fourth-order valence-corrected chi connectivity index (χ4v) is 2.47. The number of benzene rings is 1. The summed E-state index contributed by atoms with van der Waals surface area (Å²) in [5.74, 6) is -0.196. The number of hydrogen-bond donors (Lipinski definition) is 1. The van der Waals surface area contributed by atoms with Gasteiger partial charge < -0.3 is 22.5 Å². The highest BCUT2D eigenvalue weighted by Gasteiger charge is 2.30. The number of piperidine rings is 1. The average molecular weight is 270 g/mol. The molecule has 2 unspecified atom stereocenters. The van der Waals surface area contributed by atoms with Gasteiger partial charge in [0.1, 0.15) is 6.04 Å². The minimum Gasteiger partial charge on any atom is -1.00 e. The third-order valence-corrected chi connectivity index (χ3v) is 3.27. The third-order valence-electron chi connectivity index (χ3n) is 3.27. The summed E-state index contributed by atoms with van der Waals surface area (Å²) in [4.78, 5) is 11.2. The fraction of sp³-hybridized carbons (Fsp3) is 0.500. The molecule has 1 heterocycles. The van der Waals surface area contributed by atoms with Gasteiger partial charge in [-0.2, -0.15) is 0 Å². The molecule has 0 saturated carbocycles. The zero-order valence-corrected chi connectivity index (χ0v) is 11.4. The molecule has 18 heavy (non-hydrogen) atoms. The van der Waals surface area contributed by atoms with E-state index in [1.807, 2.05) is 30.3 Å². The van der Waals surface area contributed by atoms with Crippen LogP contribution in [0.3, 0.4) is 0 Å². The van der Waals surface area contributed by atoms with Crippen molar-refractivity contribution in [1.29, 1.82) is 0 Å². The van der Waals surface area contributed by atoms with Gasteiger partial charge in [-0.3, -0.25) is 4.79 Å². The van der Waals surface area contributed by atoms with E-state index < -0.39 is 0 Å². The molecule has 1 saturated heterocycles. The lowest BCUT2D eigenvalue weighted by molar-refractivity contribution is -0.705. The molecule has 1 aliphatic heterocycles. The highest BCUT2D eigenvalue weighted by atomic mass is 35.5. The first-order chi connectivity index (χ1) is 8.27. The predicted octanol–water partition coefficient (Wildman–Crippen LogP) is -1.59. The van der Waals surface area contributed by atoms with Crippen molar-refractivity contribution in [2.24, 2.45) is 0 Å². The number of carbonyl (C=O) groups is 1.